The van der Waals surface area contributed by atoms with Crippen molar-refractivity contribution in [2.75, 3.05) is 26.0 Å². The van der Waals surface area contributed by atoms with Crippen molar-refractivity contribution < 1.29 is 4.79 Å². The molecule has 0 atom stereocenters. The molecule has 0 aromatic carbocycles. The topological polar surface area (TPSA) is 70.2 Å². The fraction of sp³-hybridized carbons (Fsp3) is 0.615. The third kappa shape index (κ3) is 4.48. The maximum atomic E-state index is 11.7. The summed E-state index contributed by atoms with van der Waals surface area (Å²) < 4.78 is 0. The number of nitrogens with one attached hydrogen (secondary N) is 2. The lowest BCUT2D eigenvalue weighted by molar-refractivity contribution is -0.122. The Balaban J connectivity index is 1.88. The predicted octanol–water partition coefficient (Wildman–Crippen LogP) is 0.537. The van der Waals surface area contributed by atoms with Crippen molar-refractivity contribution in [3.63, 3.8) is 0 Å². The molecule has 2 rings (SSSR count). The van der Waals surface area contributed by atoms with E-state index < -0.39 is 0 Å². The fourth-order valence-corrected chi connectivity index (χ4v) is 1.87. The molecular formula is C13H21N5O. The van der Waals surface area contributed by atoms with Crippen LogP contribution in [0.1, 0.15) is 24.4 Å². The van der Waals surface area contributed by atoms with Gasteiger partial charge in [-0.25, -0.2) is 9.97 Å². The van der Waals surface area contributed by atoms with Crippen LogP contribution in [0.4, 0.5) is 5.82 Å². The summed E-state index contributed by atoms with van der Waals surface area (Å²) in [4.78, 5) is 22.4. The van der Waals surface area contributed by atoms with Gasteiger partial charge in [0.2, 0.25) is 5.91 Å². The highest BCUT2D eigenvalue weighted by Crippen LogP contribution is 2.18. The van der Waals surface area contributed by atoms with Crippen LogP contribution in [0.5, 0.6) is 0 Å². The largest absolute Gasteiger partial charge is 0.373 e. The molecule has 1 aromatic heterocycles. The third-order valence-corrected chi connectivity index (χ3v) is 2.92. The summed E-state index contributed by atoms with van der Waals surface area (Å²) in [6, 6.07) is 2.30. The summed E-state index contributed by atoms with van der Waals surface area (Å²) in [7, 11) is 3.73. The molecule has 104 valence electrons. The lowest BCUT2D eigenvalue weighted by Gasteiger charge is -2.16. The molecule has 1 amide bonds. The average Bonchev–Trinajstić information content (AvgIpc) is 3.11. The second-order valence-corrected chi connectivity index (χ2v) is 5.07. The Bertz CT molecular complexity index is 458. The Hall–Kier alpha value is -1.69. The number of nitrogens with zero attached hydrogens (tertiary/aromatic N) is 3. The lowest BCUT2D eigenvalue weighted by Crippen LogP contribution is -2.36. The normalized spacial score (nSPS) is 14.5. The van der Waals surface area contributed by atoms with Crippen molar-refractivity contribution >= 4 is 11.7 Å². The van der Waals surface area contributed by atoms with Gasteiger partial charge in [0.05, 0.1) is 13.1 Å². The summed E-state index contributed by atoms with van der Waals surface area (Å²) in [5, 5.41) is 5.98. The molecule has 1 aromatic rings. The molecule has 19 heavy (non-hydrogen) atoms. The summed E-state index contributed by atoms with van der Waals surface area (Å²) in [6.45, 7) is 2.88. The number of rotatable bonds is 6. The van der Waals surface area contributed by atoms with Crippen molar-refractivity contribution in [2.45, 2.75) is 32.4 Å². The number of likely N-dealkylation sites (N-methyl/N-ethyl adjacent to an activating group) is 1. The van der Waals surface area contributed by atoms with Crippen molar-refractivity contribution in [2.24, 2.45) is 0 Å². The highest BCUT2D eigenvalue weighted by atomic mass is 16.2. The smallest absolute Gasteiger partial charge is 0.234 e. The van der Waals surface area contributed by atoms with Crippen LogP contribution < -0.4 is 10.6 Å². The summed E-state index contributed by atoms with van der Waals surface area (Å²) in [5.41, 5.74) is 0.921. The van der Waals surface area contributed by atoms with Gasteiger partial charge in [0.15, 0.2) is 0 Å². The van der Waals surface area contributed by atoms with Gasteiger partial charge in [-0.15, -0.1) is 0 Å². The first-order valence-electron chi connectivity index (χ1n) is 6.57. The molecule has 6 heteroatoms. The molecule has 0 radical (unpaired) electrons. The van der Waals surface area contributed by atoms with Gasteiger partial charge >= 0.3 is 0 Å². The number of carbonyl (C=O) groups excluding carboxylic acids is 1. The van der Waals surface area contributed by atoms with Gasteiger partial charge < -0.3 is 10.6 Å². The number of aromatic nitrogens is 2. The monoisotopic (exact) mass is 263 g/mol. The van der Waals surface area contributed by atoms with Crippen LogP contribution in [0.3, 0.4) is 0 Å². The molecule has 2 N–H and O–H groups in total. The standard InChI is InChI=1S/C13H21N5O/c1-9-6-11(14-2)17-12(15-9)7-18(3)8-13(19)16-10-4-5-10/h6,10H,4-5,7-8H2,1-3H3,(H,16,19)(H,14,15,17). The lowest BCUT2D eigenvalue weighted by atomic mass is 10.4. The first-order chi connectivity index (χ1) is 9.06. The van der Waals surface area contributed by atoms with E-state index in [1.54, 1.807) is 0 Å². The summed E-state index contributed by atoms with van der Waals surface area (Å²) in [5.74, 6) is 1.61. The van der Waals surface area contributed by atoms with Crippen molar-refractivity contribution in [1.82, 2.24) is 20.2 Å². The van der Waals surface area contributed by atoms with Crippen LogP contribution in [0, 0.1) is 6.92 Å². The van der Waals surface area contributed by atoms with E-state index in [2.05, 4.69) is 20.6 Å². The highest BCUT2D eigenvalue weighted by Gasteiger charge is 2.23. The Kier molecular flexibility index (Phi) is 4.31. The van der Waals surface area contributed by atoms with E-state index in [9.17, 15) is 4.79 Å². The second-order valence-electron chi connectivity index (χ2n) is 5.07. The molecule has 1 saturated carbocycles. The number of anilines is 1. The van der Waals surface area contributed by atoms with E-state index >= 15 is 0 Å². The number of aryl methyl sites for hydroxylation is 1. The van der Waals surface area contributed by atoms with Crippen LogP contribution in [0.15, 0.2) is 6.07 Å². The predicted molar refractivity (Wildman–Crippen MR) is 73.8 cm³/mol. The molecule has 1 aliphatic carbocycles. The third-order valence-electron chi connectivity index (χ3n) is 2.92. The van der Waals surface area contributed by atoms with Crippen LogP contribution in [0.2, 0.25) is 0 Å². The van der Waals surface area contributed by atoms with Gasteiger partial charge in [-0.3, -0.25) is 9.69 Å². The first kappa shape index (κ1) is 13.7. The maximum Gasteiger partial charge on any atom is 0.234 e. The van der Waals surface area contributed by atoms with Gasteiger partial charge in [0, 0.05) is 24.8 Å². The van der Waals surface area contributed by atoms with E-state index in [0.717, 1.165) is 30.2 Å². The number of amides is 1. The van der Waals surface area contributed by atoms with Crippen LogP contribution in [0.25, 0.3) is 0 Å². The van der Waals surface area contributed by atoms with E-state index in [0.29, 0.717) is 19.1 Å². The Morgan fingerprint density at radius 2 is 2.21 bits per heavy atom. The minimum Gasteiger partial charge on any atom is -0.373 e. The molecule has 1 aliphatic rings. The van der Waals surface area contributed by atoms with E-state index in [-0.39, 0.29) is 5.91 Å². The zero-order valence-electron chi connectivity index (χ0n) is 11.7. The Labute approximate surface area is 113 Å². The summed E-state index contributed by atoms with van der Waals surface area (Å²) >= 11 is 0. The minimum atomic E-state index is 0.0755. The maximum absolute atomic E-state index is 11.7. The van der Waals surface area contributed by atoms with Crippen LogP contribution >= 0.6 is 0 Å². The van der Waals surface area contributed by atoms with Crippen molar-refractivity contribution in [3.8, 4) is 0 Å². The fourth-order valence-electron chi connectivity index (χ4n) is 1.87. The summed E-state index contributed by atoms with van der Waals surface area (Å²) in [6.07, 6.45) is 2.23. The molecular weight excluding hydrogens is 242 g/mol. The molecule has 0 unspecified atom stereocenters. The molecule has 1 heterocycles. The van der Waals surface area contributed by atoms with Gasteiger partial charge in [0.1, 0.15) is 11.6 Å². The van der Waals surface area contributed by atoms with Gasteiger partial charge in [-0.05, 0) is 26.8 Å². The van der Waals surface area contributed by atoms with E-state index in [4.69, 9.17) is 0 Å². The van der Waals surface area contributed by atoms with E-state index in [1.165, 1.54) is 0 Å². The molecule has 1 fully saturated rings. The van der Waals surface area contributed by atoms with Gasteiger partial charge in [-0.1, -0.05) is 0 Å². The zero-order chi connectivity index (χ0) is 13.8. The number of carbonyl (C=O) groups is 1. The van der Waals surface area contributed by atoms with Crippen molar-refractivity contribution in [1.29, 1.82) is 0 Å². The van der Waals surface area contributed by atoms with Crippen molar-refractivity contribution in [3.05, 3.63) is 17.6 Å². The molecule has 0 spiro atoms. The number of hydrogen-bond donors (Lipinski definition) is 2. The second kappa shape index (κ2) is 5.97. The first-order valence-corrected chi connectivity index (χ1v) is 6.57. The SMILES string of the molecule is CNc1cc(C)nc(CN(C)CC(=O)NC2CC2)n1. The van der Waals surface area contributed by atoms with E-state index in [1.807, 2.05) is 32.0 Å². The average molecular weight is 263 g/mol. The molecule has 6 nitrogen and oxygen atoms in total. The van der Waals surface area contributed by atoms with Crippen LogP contribution in [-0.4, -0.2) is 47.5 Å². The molecule has 0 saturated heterocycles. The number of hydrogen-bond acceptors (Lipinski definition) is 5. The Morgan fingerprint density at radius 3 is 2.84 bits per heavy atom. The highest BCUT2D eigenvalue weighted by molar-refractivity contribution is 5.78. The quantitative estimate of drug-likeness (QED) is 0.784. The molecule has 0 bridgehead atoms. The van der Waals surface area contributed by atoms with Crippen LogP contribution in [-0.2, 0) is 11.3 Å². The molecule has 0 aliphatic heterocycles. The van der Waals surface area contributed by atoms with Gasteiger partial charge in [-0.2, -0.15) is 0 Å². The minimum absolute atomic E-state index is 0.0755. The zero-order valence-corrected chi connectivity index (χ0v) is 11.7. The Morgan fingerprint density at radius 1 is 1.47 bits per heavy atom. The van der Waals surface area contributed by atoms with Gasteiger partial charge in [0.25, 0.3) is 0 Å².